The molecule has 28 heavy (non-hydrogen) atoms. The van der Waals surface area contributed by atoms with Crippen LogP contribution in [0.25, 0.3) is 0 Å². The molecule has 4 N–H and O–H groups in total. The molecule has 2 saturated heterocycles. The molecule has 0 atom stereocenters. The van der Waals surface area contributed by atoms with Crippen LogP contribution in [0.3, 0.4) is 0 Å². The van der Waals surface area contributed by atoms with Crippen molar-refractivity contribution >= 4 is 23.2 Å². The highest BCUT2D eigenvalue weighted by atomic mass is 16.1. The van der Waals surface area contributed by atoms with E-state index in [1.54, 1.807) is 12.4 Å². The van der Waals surface area contributed by atoms with Gasteiger partial charge in [0.1, 0.15) is 5.82 Å². The Morgan fingerprint density at radius 1 is 1.11 bits per heavy atom. The number of rotatable bonds is 5. The first kappa shape index (κ1) is 18.6. The third kappa shape index (κ3) is 4.22. The summed E-state index contributed by atoms with van der Waals surface area (Å²) in [6, 6.07) is 4.02. The van der Waals surface area contributed by atoms with Crippen LogP contribution in [0, 0.1) is 0 Å². The fraction of sp³-hybridized carbons (Fsp3) is 0.500. The third-order valence-corrected chi connectivity index (χ3v) is 5.48. The fourth-order valence-corrected chi connectivity index (χ4v) is 3.90. The van der Waals surface area contributed by atoms with Crippen molar-refractivity contribution in [2.75, 3.05) is 36.4 Å². The Labute approximate surface area is 165 Å². The summed E-state index contributed by atoms with van der Waals surface area (Å²) >= 11 is 0. The summed E-state index contributed by atoms with van der Waals surface area (Å²) in [7, 11) is 0. The summed E-state index contributed by atoms with van der Waals surface area (Å²) in [4.78, 5) is 27.5. The first-order chi connectivity index (χ1) is 13.7. The zero-order chi connectivity index (χ0) is 19.3. The molecular formula is C20H27N7O. The Hall–Kier alpha value is -2.74. The number of hydrogen-bond acceptors (Lipinski definition) is 7. The van der Waals surface area contributed by atoms with Crippen molar-refractivity contribution in [1.29, 1.82) is 0 Å². The van der Waals surface area contributed by atoms with Crippen molar-refractivity contribution in [3.8, 4) is 0 Å². The molecule has 0 saturated carbocycles. The number of carbonyl (C=O) groups is 1. The number of nitrogens with two attached hydrogens (primary N) is 1. The van der Waals surface area contributed by atoms with E-state index < -0.39 is 5.91 Å². The quantitative estimate of drug-likeness (QED) is 0.728. The zero-order valence-electron chi connectivity index (χ0n) is 16.0. The van der Waals surface area contributed by atoms with Crippen LogP contribution in [0.1, 0.15) is 54.2 Å². The molecule has 2 aliphatic heterocycles. The maximum Gasteiger partial charge on any atom is 0.271 e. The number of nitrogens with one attached hydrogen (secondary N) is 2. The van der Waals surface area contributed by atoms with Gasteiger partial charge in [0.2, 0.25) is 0 Å². The van der Waals surface area contributed by atoms with Crippen LogP contribution in [-0.4, -0.2) is 47.0 Å². The smallest absolute Gasteiger partial charge is 0.271 e. The van der Waals surface area contributed by atoms with Crippen molar-refractivity contribution in [2.24, 2.45) is 5.73 Å². The molecule has 4 heterocycles. The van der Waals surface area contributed by atoms with Gasteiger partial charge in [0.05, 0.1) is 18.1 Å². The van der Waals surface area contributed by atoms with Gasteiger partial charge in [-0.2, -0.15) is 0 Å². The highest BCUT2D eigenvalue weighted by Crippen LogP contribution is 2.26. The lowest BCUT2D eigenvalue weighted by atomic mass is 9.94. The van der Waals surface area contributed by atoms with E-state index in [1.165, 1.54) is 6.42 Å². The van der Waals surface area contributed by atoms with Crippen LogP contribution < -0.4 is 21.3 Å². The SMILES string of the molecule is NC(=O)c1ncc(N2CCCCC2)nc1Nc1ccc(C2CCNCC2)nc1. The Balaban J connectivity index is 1.54. The minimum atomic E-state index is -0.598. The van der Waals surface area contributed by atoms with E-state index in [4.69, 9.17) is 5.73 Å². The number of pyridine rings is 1. The predicted octanol–water partition coefficient (Wildman–Crippen LogP) is 2.17. The molecule has 0 radical (unpaired) electrons. The number of amides is 1. The predicted molar refractivity (Wildman–Crippen MR) is 109 cm³/mol. The average molecular weight is 381 g/mol. The number of hydrogen-bond donors (Lipinski definition) is 3. The van der Waals surface area contributed by atoms with Crippen LogP contribution in [0.2, 0.25) is 0 Å². The lowest BCUT2D eigenvalue weighted by Gasteiger charge is -2.27. The monoisotopic (exact) mass is 381 g/mol. The molecule has 2 fully saturated rings. The third-order valence-electron chi connectivity index (χ3n) is 5.48. The second kappa shape index (κ2) is 8.52. The first-order valence-corrected chi connectivity index (χ1v) is 10.1. The summed E-state index contributed by atoms with van der Waals surface area (Å²) in [5.41, 5.74) is 7.52. The van der Waals surface area contributed by atoms with Crippen molar-refractivity contribution in [2.45, 2.75) is 38.0 Å². The zero-order valence-corrected chi connectivity index (χ0v) is 16.0. The maximum atomic E-state index is 11.8. The van der Waals surface area contributed by atoms with Gasteiger partial charge in [-0.3, -0.25) is 9.78 Å². The molecule has 148 valence electrons. The molecule has 2 aliphatic rings. The van der Waals surface area contributed by atoms with Gasteiger partial charge in [0.25, 0.3) is 5.91 Å². The van der Waals surface area contributed by atoms with Gasteiger partial charge < -0.3 is 21.3 Å². The summed E-state index contributed by atoms with van der Waals surface area (Å²) in [6.45, 7) is 3.98. The largest absolute Gasteiger partial charge is 0.364 e. The van der Waals surface area contributed by atoms with Crippen molar-refractivity contribution < 1.29 is 4.79 Å². The van der Waals surface area contributed by atoms with Crippen molar-refractivity contribution in [3.63, 3.8) is 0 Å². The van der Waals surface area contributed by atoms with Crippen LogP contribution in [0.4, 0.5) is 17.3 Å². The minimum absolute atomic E-state index is 0.142. The Kier molecular flexibility index (Phi) is 5.66. The molecule has 4 rings (SSSR count). The van der Waals surface area contributed by atoms with Gasteiger partial charge >= 0.3 is 0 Å². The minimum Gasteiger partial charge on any atom is -0.364 e. The standard InChI is InChI=1S/C20H27N7O/c21-19(28)18-20(26-17(13-24-18)27-10-2-1-3-11-27)25-15-4-5-16(23-12-15)14-6-8-22-9-7-14/h4-5,12-14,22H,1-3,6-11H2,(H2,21,28)(H,25,26). The molecule has 8 heteroatoms. The molecule has 0 aromatic carbocycles. The van der Waals surface area contributed by atoms with Gasteiger partial charge in [-0.1, -0.05) is 0 Å². The van der Waals surface area contributed by atoms with E-state index >= 15 is 0 Å². The number of carbonyl (C=O) groups excluding carboxylic acids is 1. The lowest BCUT2D eigenvalue weighted by Crippen LogP contribution is -2.31. The molecule has 0 unspecified atom stereocenters. The molecule has 0 spiro atoms. The second-order valence-corrected chi connectivity index (χ2v) is 7.46. The van der Waals surface area contributed by atoms with Crippen LogP contribution in [-0.2, 0) is 0 Å². The van der Waals surface area contributed by atoms with Crippen molar-refractivity contribution in [1.82, 2.24) is 20.3 Å². The van der Waals surface area contributed by atoms with Gasteiger partial charge in [-0.25, -0.2) is 9.97 Å². The van der Waals surface area contributed by atoms with E-state index in [1.807, 2.05) is 12.1 Å². The molecule has 1 amide bonds. The van der Waals surface area contributed by atoms with Gasteiger partial charge in [-0.05, 0) is 57.3 Å². The summed E-state index contributed by atoms with van der Waals surface area (Å²) in [5, 5.41) is 6.56. The van der Waals surface area contributed by atoms with E-state index in [-0.39, 0.29) is 5.69 Å². The van der Waals surface area contributed by atoms with Crippen molar-refractivity contribution in [3.05, 3.63) is 35.9 Å². The van der Waals surface area contributed by atoms with E-state index in [2.05, 4.69) is 30.5 Å². The second-order valence-electron chi connectivity index (χ2n) is 7.46. The summed E-state index contributed by atoms with van der Waals surface area (Å²) in [6.07, 6.45) is 9.16. The number of aromatic nitrogens is 3. The van der Waals surface area contributed by atoms with Gasteiger partial charge in [0, 0.05) is 24.7 Å². The number of nitrogens with zero attached hydrogens (tertiary/aromatic N) is 4. The molecule has 0 bridgehead atoms. The Morgan fingerprint density at radius 2 is 1.89 bits per heavy atom. The lowest BCUT2D eigenvalue weighted by molar-refractivity contribution is 0.0996. The number of piperidine rings is 2. The van der Waals surface area contributed by atoms with Crippen LogP contribution in [0.5, 0.6) is 0 Å². The summed E-state index contributed by atoms with van der Waals surface area (Å²) < 4.78 is 0. The topological polar surface area (TPSA) is 109 Å². The Morgan fingerprint density at radius 3 is 2.57 bits per heavy atom. The van der Waals surface area contributed by atoms with E-state index in [0.717, 1.165) is 69.1 Å². The molecular weight excluding hydrogens is 354 g/mol. The highest BCUT2D eigenvalue weighted by molar-refractivity contribution is 5.96. The number of anilines is 3. The average Bonchev–Trinajstić information content (AvgIpc) is 2.75. The summed E-state index contributed by atoms with van der Waals surface area (Å²) in [5.74, 6) is 1.05. The van der Waals surface area contributed by atoms with E-state index in [0.29, 0.717) is 11.7 Å². The normalized spacial score (nSPS) is 18.1. The molecule has 0 aliphatic carbocycles. The highest BCUT2D eigenvalue weighted by Gasteiger charge is 2.19. The number of primary amides is 1. The van der Waals surface area contributed by atoms with Gasteiger partial charge in [-0.15, -0.1) is 0 Å². The maximum absolute atomic E-state index is 11.8. The first-order valence-electron chi connectivity index (χ1n) is 10.1. The van der Waals surface area contributed by atoms with Crippen LogP contribution in [0.15, 0.2) is 24.5 Å². The van der Waals surface area contributed by atoms with Crippen LogP contribution >= 0.6 is 0 Å². The fourth-order valence-electron chi connectivity index (χ4n) is 3.90. The Bertz CT molecular complexity index is 812. The molecule has 2 aromatic rings. The molecule has 8 nitrogen and oxygen atoms in total. The van der Waals surface area contributed by atoms with Gasteiger partial charge in [0.15, 0.2) is 11.5 Å². The molecule has 2 aromatic heterocycles. The van der Waals surface area contributed by atoms with E-state index in [9.17, 15) is 4.79 Å².